The number of carbonyl (C=O) groups is 1. The number of carbonyl (C=O) groups excluding carboxylic acids is 1. The van der Waals surface area contributed by atoms with Gasteiger partial charge in [0.05, 0.1) is 47.6 Å². The topological polar surface area (TPSA) is 138 Å². The summed E-state index contributed by atoms with van der Waals surface area (Å²) in [6.45, 7) is 0.963. The molecular weight excluding hydrogens is 560 g/mol. The molecule has 0 bridgehead atoms. The van der Waals surface area contributed by atoms with Crippen LogP contribution in [0, 0.1) is 17.2 Å². The number of anilines is 1. The fraction of sp³-hybridized carbons (Fsp3) is 0.483. The van der Waals surface area contributed by atoms with Gasteiger partial charge in [-0.2, -0.15) is 5.26 Å². The van der Waals surface area contributed by atoms with Crippen LogP contribution in [0.4, 0.5) is 5.69 Å². The molecule has 12 heteroatoms. The maximum absolute atomic E-state index is 13.5. The Balaban J connectivity index is 1.35. The van der Waals surface area contributed by atoms with Gasteiger partial charge in [-0.15, -0.1) is 11.3 Å². The number of thiazole rings is 1. The van der Waals surface area contributed by atoms with Crippen molar-refractivity contribution in [2.45, 2.75) is 50.0 Å². The van der Waals surface area contributed by atoms with Gasteiger partial charge in [-0.25, -0.2) is 23.4 Å². The summed E-state index contributed by atoms with van der Waals surface area (Å²) in [4.78, 5) is 30.5. The number of benzene rings is 1. The predicted molar refractivity (Wildman–Crippen MR) is 156 cm³/mol. The van der Waals surface area contributed by atoms with Crippen molar-refractivity contribution in [1.29, 1.82) is 5.26 Å². The zero-order valence-electron chi connectivity index (χ0n) is 22.9. The molecule has 214 valence electrons. The van der Waals surface area contributed by atoms with E-state index in [0.29, 0.717) is 42.5 Å². The maximum atomic E-state index is 13.5. The third-order valence-corrected chi connectivity index (χ3v) is 11.1. The highest BCUT2D eigenvalue weighted by atomic mass is 32.2. The number of ether oxygens (including phenoxy) is 1. The van der Waals surface area contributed by atoms with Gasteiger partial charge in [-0.1, -0.05) is 25.0 Å². The lowest BCUT2D eigenvalue weighted by Crippen LogP contribution is -2.42. The van der Waals surface area contributed by atoms with E-state index in [1.165, 1.54) is 11.3 Å². The van der Waals surface area contributed by atoms with Crippen LogP contribution in [0.5, 0.6) is 5.75 Å². The van der Waals surface area contributed by atoms with Gasteiger partial charge in [0.2, 0.25) is 5.91 Å². The van der Waals surface area contributed by atoms with E-state index in [-0.39, 0.29) is 29.2 Å². The van der Waals surface area contributed by atoms with Gasteiger partial charge in [0.25, 0.3) is 0 Å². The maximum Gasteiger partial charge on any atom is 0.225 e. The van der Waals surface area contributed by atoms with E-state index in [1.54, 1.807) is 19.5 Å². The number of nitriles is 1. The Kier molecular flexibility index (Phi) is 7.42. The number of hydrogen-bond donors (Lipinski definition) is 1. The molecule has 2 aromatic heterocycles. The van der Waals surface area contributed by atoms with Crippen molar-refractivity contribution in [3.63, 3.8) is 0 Å². The molecule has 2 atom stereocenters. The highest BCUT2D eigenvalue weighted by Gasteiger charge is 2.47. The molecule has 0 radical (unpaired) electrons. The van der Waals surface area contributed by atoms with Gasteiger partial charge in [0.1, 0.15) is 5.54 Å². The zero-order valence-corrected chi connectivity index (χ0v) is 24.5. The fourth-order valence-electron chi connectivity index (χ4n) is 5.70. The molecule has 3 heterocycles. The number of rotatable bonds is 7. The average Bonchev–Trinajstić information content (AvgIpc) is 3.63. The lowest BCUT2D eigenvalue weighted by molar-refractivity contribution is -0.127. The summed E-state index contributed by atoms with van der Waals surface area (Å²) in [5.41, 5.74) is 2.11. The minimum atomic E-state index is -2.96. The molecule has 3 aliphatic rings. The zero-order chi connectivity index (χ0) is 28.6. The molecule has 1 saturated heterocycles. The largest absolute Gasteiger partial charge is 0.494 e. The first-order valence-electron chi connectivity index (χ1n) is 14.0. The summed E-state index contributed by atoms with van der Waals surface area (Å²) in [7, 11) is -1.39. The smallest absolute Gasteiger partial charge is 0.225 e. The highest BCUT2D eigenvalue weighted by molar-refractivity contribution is 7.91. The summed E-state index contributed by atoms with van der Waals surface area (Å²) in [5.74, 6) is 0.951. The van der Waals surface area contributed by atoms with Crippen LogP contribution in [0.3, 0.4) is 0 Å². The summed E-state index contributed by atoms with van der Waals surface area (Å²) in [6.07, 6.45) is 8.17. The summed E-state index contributed by atoms with van der Waals surface area (Å²) < 4.78 is 29.0. The minimum absolute atomic E-state index is 0.0645. The van der Waals surface area contributed by atoms with Gasteiger partial charge in [-0.3, -0.25) is 4.79 Å². The van der Waals surface area contributed by atoms with E-state index in [2.05, 4.69) is 26.3 Å². The lowest BCUT2D eigenvalue weighted by atomic mass is 9.76. The number of hydrogen-bond acceptors (Lipinski definition) is 10. The van der Waals surface area contributed by atoms with Crippen LogP contribution in [0.1, 0.15) is 50.1 Å². The van der Waals surface area contributed by atoms with Crippen LogP contribution in [0.2, 0.25) is 0 Å². The van der Waals surface area contributed by atoms with E-state index >= 15 is 0 Å². The Hall–Kier alpha value is -3.56. The van der Waals surface area contributed by atoms with E-state index in [1.807, 2.05) is 24.3 Å². The number of aromatic nitrogens is 3. The number of sulfone groups is 1. The van der Waals surface area contributed by atoms with Crippen molar-refractivity contribution >= 4 is 32.8 Å². The second-order valence-corrected chi connectivity index (χ2v) is 14.3. The van der Waals surface area contributed by atoms with Crippen LogP contribution < -0.4 is 15.0 Å². The third-order valence-electron chi connectivity index (χ3n) is 8.33. The van der Waals surface area contributed by atoms with E-state index < -0.39 is 15.4 Å². The molecular formula is C29H32N6O4S2. The summed E-state index contributed by atoms with van der Waals surface area (Å²) in [6, 6.07) is 10.4. The molecule has 41 heavy (non-hydrogen) atoms. The second-order valence-electron chi connectivity index (χ2n) is 11.0. The first kappa shape index (κ1) is 27.6. The average molecular weight is 593 g/mol. The lowest BCUT2D eigenvalue weighted by Gasteiger charge is -2.31. The molecule has 2 aliphatic carbocycles. The van der Waals surface area contributed by atoms with Crippen molar-refractivity contribution in [1.82, 2.24) is 20.3 Å². The standard InChI is InChI=1S/C29H32N6O4S2/c1-39-21-16-31-26(32-17-21)28-33-24(22-4-2-3-5-23(22)27(36)34-29(18-30)10-11-29)25(40-28)19-6-8-20(9-7-19)35-12-14-41(37,38)15-13-35/h6-9,16-17,22-23H,2-5,10-15H2,1H3,(H,34,36). The Morgan fingerprint density at radius 3 is 2.44 bits per heavy atom. The fourth-order valence-corrected chi connectivity index (χ4v) is 7.99. The summed E-state index contributed by atoms with van der Waals surface area (Å²) >= 11 is 1.50. The van der Waals surface area contributed by atoms with Crippen molar-refractivity contribution < 1.29 is 17.9 Å². The Bertz CT molecular complexity index is 1560. The number of amides is 1. The second kappa shape index (κ2) is 11.0. The SMILES string of the molecule is COc1cnc(-c2nc(C3CCCCC3C(=O)NC3(C#N)CC3)c(-c3ccc(N4CCS(=O)(=O)CC4)cc3)s2)nc1. The first-order valence-corrected chi connectivity index (χ1v) is 16.6. The van der Waals surface area contributed by atoms with Gasteiger partial charge >= 0.3 is 0 Å². The van der Waals surface area contributed by atoms with Crippen molar-refractivity contribution in [2.75, 3.05) is 36.6 Å². The molecule has 10 nitrogen and oxygen atoms in total. The van der Waals surface area contributed by atoms with Crippen LogP contribution >= 0.6 is 11.3 Å². The monoisotopic (exact) mass is 592 g/mol. The molecule has 2 unspecified atom stereocenters. The molecule has 1 aromatic carbocycles. The molecule has 2 saturated carbocycles. The van der Waals surface area contributed by atoms with Gasteiger partial charge in [-0.05, 0) is 43.4 Å². The van der Waals surface area contributed by atoms with Crippen LogP contribution in [-0.2, 0) is 14.6 Å². The molecule has 1 N–H and O–H groups in total. The number of methoxy groups -OCH3 is 1. The van der Waals surface area contributed by atoms with E-state index in [4.69, 9.17) is 9.72 Å². The van der Waals surface area contributed by atoms with E-state index in [9.17, 15) is 18.5 Å². The normalized spacial score (nSPS) is 22.9. The van der Waals surface area contributed by atoms with Gasteiger partial charge in [0.15, 0.2) is 26.4 Å². The Labute approximate surface area is 243 Å². The Morgan fingerprint density at radius 2 is 1.80 bits per heavy atom. The molecule has 0 spiro atoms. The number of nitrogens with one attached hydrogen (secondary N) is 1. The molecule has 3 fully saturated rings. The molecule has 3 aromatic rings. The highest BCUT2D eigenvalue weighted by Crippen LogP contribution is 2.46. The van der Waals surface area contributed by atoms with Crippen molar-refractivity contribution in [2.24, 2.45) is 5.92 Å². The van der Waals surface area contributed by atoms with Crippen LogP contribution in [0.15, 0.2) is 36.7 Å². The predicted octanol–water partition coefficient (Wildman–Crippen LogP) is 3.96. The molecule has 1 amide bonds. The van der Waals surface area contributed by atoms with Crippen LogP contribution in [0.25, 0.3) is 21.3 Å². The number of nitrogens with zero attached hydrogens (tertiary/aromatic N) is 5. The van der Waals surface area contributed by atoms with Crippen LogP contribution in [-0.4, -0.2) is 66.5 Å². The van der Waals surface area contributed by atoms with Gasteiger partial charge in [0, 0.05) is 30.6 Å². The summed E-state index contributed by atoms with van der Waals surface area (Å²) in [5, 5.41) is 13.3. The first-order chi connectivity index (χ1) is 19.8. The van der Waals surface area contributed by atoms with Crippen molar-refractivity contribution in [3.8, 4) is 33.1 Å². The Morgan fingerprint density at radius 1 is 1.12 bits per heavy atom. The van der Waals surface area contributed by atoms with Gasteiger partial charge < -0.3 is 15.0 Å². The quantitative estimate of drug-likeness (QED) is 0.432. The molecule has 6 rings (SSSR count). The van der Waals surface area contributed by atoms with E-state index in [0.717, 1.165) is 47.5 Å². The van der Waals surface area contributed by atoms with Crippen molar-refractivity contribution in [3.05, 3.63) is 42.4 Å². The minimum Gasteiger partial charge on any atom is -0.494 e. The third kappa shape index (κ3) is 5.78. The molecule has 1 aliphatic heterocycles.